The van der Waals surface area contributed by atoms with E-state index in [-0.39, 0.29) is 17.8 Å². The summed E-state index contributed by atoms with van der Waals surface area (Å²) in [6.07, 6.45) is 0.379. The summed E-state index contributed by atoms with van der Waals surface area (Å²) in [6, 6.07) is 11.2. The van der Waals surface area contributed by atoms with Crippen molar-refractivity contribution in [3.05, 3.63) is 47.5 Å². The number of rotatable bonds is 4. The Hall–Kier alpha value is -2.73. The van der Waals surface area contributed by atoms with E-state index < -0.39 is 0 Å². The van der Waals surface area contributed by atoms with Crippen LogP contribution in [0, 0.1) is 0 Å². The Labute approximate surface area is 140 Å². The van der Waals surface area contributed by atoms with E-state index in [0.717, 1.165) is 28.2 Å². The van der Waals surface area contributed by atoms with Gasteiger partial charge in [0, 0.05) is 19.3 Å². The van der Waals surface area contributed by atoms with Gasteiger partial charge in [-0.1, -0.05) is 12.1 Å². The number of phenols is 1. The van der Waals surface area contributed by atoms with Gasteiger partial charge < -0.3 is 25.4 Å². The Morgan fingerprint density at radius 1 is 1.21 bits per heavy atom. The van der Waals surface area contributed by atoms with Crippen molar-refractivity contribution in [2.75, 3.05) is 35.8 Å². The summed E-state index contributed by atoms with van der Waals surface area (Å²) in [4.78, 5) is 14.0. The monoisotopic (exact) mass is 325 g/mol. The molecule has 0 aromatic heterocycles. The van der Waals surface area contributed by atoms with Gasteiger partial charge in [0.1, 0.15) is 11.9 Å². The van der Waals surface area contributed by atoms with E-state index in [0.29, 0.717) is 19.6 Å². The van der Waals surface area contributed by atoms with Crippen molar-refractivity contribution in [2.24, 2.45) is 0 Å². The van der Waals surface area contributed by atoms with Crippen LogP contribution in [0.3, 0.4) is 0 Å². The predicted octanol–water partition coefficient (Wildman–Crippen LogP) is 2.46. The fourth-order valence-electron chi connectivity index (χ4n) is 3.27. The van der Waals surface area contributed by atoms with Gasteiger partial charge in [0.15, 0.2) is 0 Å². The van der Waals surface area contributed by atoms with Crippen molar-refractivity contribution in [3.8, 4) is 5.75 Å². The highest BCUT2D eigenvalue weighted by molar-refractivity contribution is 6.03. The van der Waals surface area contributed by atoms with Gasteiger partial charge in [-0.3, -0.25) is 4.79 Å². The molecule has 24 heavy (non-hydrogen) atoms. The zero-order chi connectivity index (χ0) is 16.7. The molecule has 0 radical (unpaired) electrons. The number of anilines is 3. The second-order valence-electron chi connectivity index (χ2n) is 6.05. The van der Waals surface area contributed by atoms with Gasteiger partial charge >= 0.3 is 0 Å². The van der Waals surface area contributed by atoms with E-state index in [4.69, 9.17) is 4.74 Å². The van der Waals surface area contributed by atoms with Crippen LogP contribution in [0.4, 0.5) is 17.1 Å². The Morgan fingerprint density at radius 2 is 1.92 bits per heavy atom. The number of benzene rings is 2. The molecular formula is C18H19N3O3. The number of aromatic hydroxyl groups is 1. The summed E-state index contributed by atoms with van der Waals surface area (Å²) in [5.41, 5.74) is 5.00. The molecule has 4 rings (SSSR count). The molecule has 2 aliphatic heterocycles. The highest BCUT2D eigenvalue weighted by Crippen LogP contribution is 2.42. The Balaban J connectivity index is 1.60. The van der Waals surface area contributed by atoms with E-state index in [1.54, 1.807) is 24.1 Å². The number of amides is 1. The van der Waals surface area contributed by atoms with Crippen LogP contribution in [-0.4, -0.2) is 31.3 Å². The molecular weight excluding hydrogens is 306 g/mol. The molecule has 6 nitrogen and oxygen atoms in total. The number of phenolic OH excluding ortho intramolecular Hbond substituents is 1. The average Bonchev–Trinajstić information content (AvgIpc) is 3.11. The van der Waals surface area contributed by atoms with Crippen LogP contribution < -0.4 is 15.5 Å². The van der Waals surface area contributed by atoms with Gasteiger partial charge in [-0.2, -0.15) is 0 Å². The number of methoxy groups -OCH3 is 1. The Bertz CT molecular complexity index is 789. The topological polar surface area (TPSA) is 73.8 Å². The highest BCUT2D eigenvalue weighted by Gasteiger charge is 2.31. The first kappa shape index (κ1) is 14.8. The van der Waals surface area contributed by atoms with Crippen LogP contribution in [0.15, 0.2) is 36.4 Å². The normalized spacial score (nSPS) is 18.1. The summed E-state index contributed by atoms with van der Waals surface area (Å²) in [7, 11) is 1.64. The second kappa shape index (κ2) is 5.72. The van der Waals surface area contributed by atoms with E-state index in [1.807, 2.05) is 24.3 Å². The fourth-order valence-corrected chi connectivity index (χ4v) is 3.27. The van der Waals surface area contributed by atoms with Crippen molar-refractivity contribution in [2.45, 2.75) is 12.6 Å². The Morgan fingerprint density at radius 3 is 2.62 bits per heavy atom. The van der Waals surface area contributed by atoms with Crippen LogP contribution in [0.1, 0.15) is 17.3 Å². The summed E-state index contributed by atoms with van der Waals surface area (Å²) in [6.45, 7) is 1.08. The molecule has 124 valence electrons. The first-order chi connectivity index (χ1) is 11.7. The SMILES string of the molecule is COCCN1C(=O)Cc2cc3c(cc21)NC(c1ccc(O)cc1)N3. The summed E-state index contributed by atoms with van der Waals surface area (Å²) >= 11 is 0. The number of ether oxygens (including phenoxy) is 1. The largest absolute Gasteiger partial charge is 0.508 e. The number of hydrogen-bond acceptors (Lipinski definition) is 5. The molecule has 1 atom stereocenters. The lowest BCUT2D eigenvalue weighted by Crippen LogP contribution is -2.30. The van der Waals surface area contributed by atoms with Gasteiger partial charge in [0.2, 0.25) is 5.91 Å². The lowest BCUT2D eigenvalue weighted by atomic mass is 10.1. The average molecular weight is 325 g/mol. The molecule has 1 amide bonds. The van der Waals surface area contributed by atoms with E-state index in [2.05, 4.69) is 10.6 Å². The number of hydrogen-bond donors (Lipinski definition) is 3. The number of nitrogens with one attached hydrogen (secondary N) is 2. The smallest absolute Gasteiger partial charge is 0.231 e. The third-order valence-corrected chi connectivity index (χ3v) is 4.50. The molecule has 1 unspecified atom stereocenters. The number of nitrogens with zero attached hydrogens (tertiary/aromatic N) is 1. The van der Waals surface area contributed by atoms with Gasteiger partial charge in [-0.25, -0.2) is 0 Å². The lowest BCUT2D eigenvalue weighted by molar-refractivity contribution is -0.117. The fraction of sp³-hybridized carbons (Fsp3) is 0.278. The van der Waals surface area contributed by atoms with Crippen LogP contribution >= 0.6 is 0 Å². The summed E-state index contributed by atoms with van der Waals surface area (Å²) in [5.74, 6) is 0.362. The minimum Gasteiger partial charge on any atom is -0.508 e. The molecule has 0 bridgehead atoms. The van der Waals surface area contributed by atoms with E-state index in [9.17, 15) is 9.90 Å². The molecule has 2 heterocycles. The lowest BCUT2D eigenvalue weighted by Gasteiger charge is -2.17. The maximum Gasteiger partial charge on any atom is 0.231 e. The first-order valence-electron chi connectivity index (χ1n) is 7.94. The third-order valence-electron chi connectivity index (χ3n) is 4.50. The summed E-state index contributed by atoms with van der Waals surface area (Å²) in [5, 5.41) is 16.3. The van der Waals surface area contributed by atoms with Gasteiger partial charge in [-0.05, 0) is 35.4 Å². The van der Waals surface area contributed by atoms with Crippen molar-refractivity contribution >= 4 is 23.0 Å². The minimum absolute atomic E-state index is 0.0498. The number of carbonyl (C=O) groups excluding carboxylic acids is 1. The molecule has 6 heteroatoms. The molecule has 2 aliphatic rings. The zero-order valence-corrected chi connectivity index (χ0v) is 13.4. The van der Waals surface area contributed by atoms with Gasteiger partial charge in [0.25, 0.3) is 0 Å². The highest BCUT2D eigenvalue weighted by atomic mass is 16.5. The molecule has 0 spiro atoms. The predicted molar refractivity (Wildman–Crippen MR) is 92.5 cm³/mol. The quantitative estimate of drug-likeness (QED) is 0.805. The zero-order valence-electron chi connectivity index (χ0n) is 13.4. The van der Waals surface area contributed by atoms with Crippen molar-refractivity contribution in [3.63, 3.8) is 0 Å². The maximum atomic E-state index is 12.2. The van der Waals surface area contributed by atoms with Crippen LogP contribution in [0.5, 0.6) is 5.75 Å². The van der Waals surface area contributed by atoms with Crippen molar-refractivity contribution < 1.29 is 14.6 Å². The number of fused-ring (bicyclic) bond motifs is 2. The molecule has 0 fully saturated rings. The van der Waals surface area contributed by atoms with Crippen LogP contribution in [0.2, 0.25) is 0 Å². The standard InChI is InChI=1S/C18H19N3O3/c1-24-7-6-21-16-10-15-14(8-12(16)9-17(21)23)19-18(20-15)11-2-4-13(22)5-3-11/h2-5,8,10,18-20,22H,6-7,9H2,1H3. The first-order valence-corrected chi connectivity index (χ1v) is 7.94. The van der Waals surface area contributed by atoms with Gasteiger partial charge in [-0.15, -0.1) is 0 Å². The van der Waals surface area contributed by atoms with Crippen molar-refractivity contribution in [1.29, 1.82) is 0 Å². The van der Waals surface area contributed by atoms with E-state index in [1.165, 1.54) is 0 Å². The van der Waals surface area contributed by atoms with E-state index >= 15 is 0 Å². The van der Waals surface area contributed by atoms with Crippen molar-refractivity contribution in [1.82, 2.24) is 0 Å². The molecule has 0 aliphatic carbocycles. The molecule has 2 aromatic rings. The minimum atomic E-state index is -0.0498. The summed E-state index contributed by atoms with van der Waals surface area (Å²) < 4.78 is 5.10. The Kier molecular flexibility index (Phi) is 3.54. The molecule has 2 aromatic carbocycles. The van der Waals surface area contributed by atoms with Crippen LogP contribution in [-0.2, 0) is 16.0 Å². The second-order valence-corrected chi connectivity index (χ2v) is 6.05. The molecule has 0 saturated carbocycles. The van der Waals surface area contributed by atoms with Gasteiger partial charge in [0.05, 0.1) is 24.4 Å². The third kappa shape index (κ3) is 2.45. The van der Waals surface area contributed by atoms with Crippen LogP contribution in [0.25, 0.3) is 0 Å². The maximum absolute atomic E-state index is 12.2. The number of carbonyl (C=O) groups is 1. The molecule has 0 saturated heterocycles. The molecule has 3 N–H and O–H groups in total.